The highest BCUT2D eigenvalue weighted by Gasteiger charge is 2.30. The average molecular weight is 261 g/mol. The van der Waals surface area contributed by atoms with E-state index < -0.39 is 5.97 Å². The van der Waals surface area contributed by atoms with E-state index in [1.165, 1.54) is 5.56 Å². The first kappa shape index (κ1) is 13.6. The van der Waals surface area contributed by atoms with Crippen LogP contribution in [-0.4, -0.2) is 35.0 Å². The number of carboxylic acids is 1. The Morgan fingerprint density at radius 1 is 1.26 bits per heavy atom. The van der Waals surface area contributed by atoms with Crippen LogP contribution in [0.4, 0.5) is 0 Å². The van der Waals surface area contributed by atoms with E-state index in [4.69, 9.17) is 5.11 Å². The normalized spacial score (nSPS) is 18.5. The molecule has 1 aromatic rings. The first-order valence-corrected chi connectivity index (χ1v) is 6.71. The quantitative estimate of drug-likeness (QED) is 0.881. The van der Waals surface area contributed by atoms with Gasteiger partial charge in [0, 0.05) is 19.5 Å². The Labute approximate surface area is 113 Å². The van der Waals surface area contributed by atoms with Crippen LogP contribution in [-0.2, 0) is 16.0 Å². The number of aryl methyl sites for hydroxylation is 1. The smallest absolute Gasteiger partial charge is 0.308 e. The highest BCUT2D eigenvalue weighted by molar-refractivity contribution is 5.78. The molecular weight excluding hydrogens is 242 g/mol. The first-order chi connectivity index (χ1) is 9.16. The van der Waals surface area contributed by atoms with Crippen molar-refractivity contribution in [1.82, 2.24) is 4.90 Å². The van der Waals surface area contributed by atoms with Crippen molar-refractivity contribution in [2.24, 2.45) is 5.92 Å². The summed E-state index contributed by atoms with van der Waals surface area (Å²) in [7, 11) is 0. The zero-order chi connectivity index (χ0) is 13.7. The van der Waals surface area contributed by atoms with E-state index in [1.54, 1.807) is 4.90 Å². The third-order valence-electron chi connectivity index (χ3n) is 3.59. The molecule has 2 rings (SSSR count). The number of aliphatic carboxylic acids is 1. The largest absolute Gasteiger partial charge is 0.481 e. The van der Waals surface area contributed by atoms with Gasteiger partial charge in [0.05, 0.1) is 5.92 Å². The Balaban J connectivity index is 1.72. The maximum atomic E-state index is 11.9. The third kappa shape index (κ3) is 3.81. The number of rotatable bonds is 5. The third-order valence-corrected chi connectivity index (χ3v) is 3.59. The van der Waals surface area contributed by atoms with Crippen molar-refractivity contribution < 1.29 is 14.7 Å². The molecule has 4 nitrogen and oxygen atoms in total. The highest BCUT2D eigenvalue weighted by atomic mass is 16.4. The summed E-state index contributed by atoms with van der Waals surface area (Å²) in [6, 6.07) is 10.1. The zero-order valence-electron chi connectivity index (χ0n) is 10.9. The van der Waals surface area contributed by atoms with Crippen LogP contribution in [0.3, 0.4) is 0 Å². The summed E-state index contributed by atoms with van der Waals surface area (Å²) < 4.78 is 0. The van der Waals surface area contributed by atoms with Gasteiger partial charge >= 0.3 is 5.97 Å². The molecule has 0 aliphatic carbocycles. The Kier molecular flexibility index (Phi) is 4.55. The molecule has 0 aromatic heterocycles. The number of amides is 1. The van der Waals surface area contributed by atoms with Crippen molar-refractivity contribution in [3.8, 4) is 0 Å². The summed E-state index contributed by atoms with van der Waals surface area (Å²) in [5, 5.41) is 8.90. The fourth-order valence-corrected chi connectivity index (χ4v) is 2.43. The Morgan fingerprint density at radius 3 is 2.63 bits per heavy atom. The van der Waals surface area contributed by atoms with Crippen molar-refractivity contribution >= 4 is 11.9 Å². The van der Waals surface area contributed by atoms with Crippen LogP contribution in [0.5, 0.6) is 0 Å². The molecule has 1 aromatic carbocycles. The van der Waals surface area contributed by atoms with Crippen LogP contribution < -0.4 is 0 Å². The molecule has 0 spiro atoms. The minimum Gasteiger partial charge on any atom is -0.481 e. The average Bonchev–Trinajstić information content (AvgIpc) is 2.89. The lowest BCUT2D eigenvalue weighted by molar-refractivity contribution is -0.141. The summed E-state index contributed by atoms with van der Waals surface area (Å²) in [4.78, 5) is 24.5. The monoisotopic (exact) mass is 261 g/mol. The predicted octanol–water partition coefficient (Wildman–Crippen LogP) is 1.94. The number of likely N-dealkylation sites (tertiary alicyclic amines) is 1. The topological polar surface area (TPSA) is 57.6 Å². The minimum absolute atomic E-state index is 0.0830. The molecule has 0 radical (unpaired) electrons. The van der Waals surface area contributed by atoms with Gasteiger partial charge in [-0.1, -0.05) is 30.3 Å². The maximum absolute atomic E-state index is 11.9. The first-order valence-electron chi connectivity index (χ1n) is 6.71. The molecule has 1 amide bonds. The lowest BCUT2D eigenvalue weighted by Gasteiger charge is -2.15. The van der Waals surface area contributed by atoms with Gasteiger partial charge in [-0.25, -0.2) is 0 Å². The number of hydrogen-bond acceptors (Lipinski definition) is 2. The number of carbonyl (C=O) groups is 2. The number of benzene rings is 1. The highest BCUT2D eigenvalue weighted by Crippen LogP contribution is 2.18. The van der Waals surface area contributed by atoms with Crippen LogP contribution in [0, 0.1) is 5.92 Å². The molecule has 19 heavy (non-hydrogen) atoms. The van der Waals surface area contributed by atoms with Gasteiger partial charge in [-0.15, -0.1) is 0 Å². The van der Waals surface area contributed by atoms with Gasteiger partial charge in [-0.3, -0.25) is 9.59 Å². The summed E-state index contributed by atoms with van der Waals surface area (Å²) in [5.74, 6) is -1.09. The van der Waals surface area contributed by atoms with Crippen LogP contribution in [0.15, 0.2) is 30.3 Å². The van der Waals surface area contributed by atoms with Crippen LogP contribution >= 0.6 is 0 Å². The van der Waals surface area contributed by atoms with Gasteiger partial charge in [0.25, 0.3) is 0 Å². The van der Waals surface area contributed by atoms with E-state index in [-0.39, 0.29) is 11.8 Å². The molecule has 1 N–H and O–H groups in total. The van der Waals surface area contributed by atoms with Crippen molar-refractivity contribution in [2.75, 3.05) is 13.1 Å². The Morgan fingerprint density at radius 2 is 2.00 bits per heavy atom. The van der Waals surface area contributed by atoms with Crippen molar-refractivity contribution in [1.29, 1.82) is 0 Å². The van der Waals surface area contributed by atoms with Crippen molar-refractivity contribution in [3.05, 3.63) is 35.9 Å². The molecule has 1 unspecified atom stereocenters. The summed E-state index contributed by atoms with van der Waals surface area (Å²) in [5.41, 5.74) is 1.24. The number of carboxylic acid groups (broad SMARTS) is 1. The Bertz CT molecular complexity index is 444. The van der Waals surface area contributed by atoms with Gasteiger partial charge in [-0.05, 0) is 24.8 Å². The van der Waals surface area contributed by atoms with Crippen LogP contribution in [0.1, 0.15) is 24.8 Å². The van der Waals surface area contributed by atoms with E-state index in [0.29, 0.717) is 25.9 Å². The summed E-state index contributed by atoms with van der Waals surface area (Å²) in [6.45, 7) is 0.959. The van der Waals surface area contributed by atoms with E-state index in [2.05, 4.69) is 12.1 Å². The van der Waals surface area contributed by atoms with Gasteiger partial charge in [0.2, 0.25) is 5.91 Å². The molecule has 1 aliphatic heterocycles. The SMILES string of the molecule is O=C(O)C1CCN(C(=O)CCCc2ccccc2)C1. The minimum atomic E-state index is -0.792. The molecule has 0 bridgehead atoms. The van der Waals surface area contributed by atoms with Crippen LogP contribution in [0.2, 0.25) is 0 Å². The Hall–Kier alpha value is -1.84. The predicted molar refractivity (Wildman–Crippen MR) is 71.7 cm³/mol. The zero-order valence-corrected chi connectivity index (χ0v) is 10.9. The van der Waals surface area contributed by atoms with Gasteiger partial charge in [-0.2, -0.15) is 0 Å². The number of nitrogens with zero attached hydrogens (tertiary/aromatic N) is 1. The molecule has 4 heteroatoms. The van der Waals surface area contributed by atoms with Crippen LogP contribution in [0.25, 0.3) is 0 Å². The number of hydrogen-bond donors (Lipinski definition) is 1. The lowest BCUT2D eigenvalue weighted by atomic mass is 10.1. The molecular formula is C15H19NO3. The fraction of sp³-hybridized carbons (Fsp3) is 0.467. The maximum Gasteiger partial charge on any atom is 0.308 e. The van der Waals surface area contributed by atoms with Crippen molar-refractivity contribution in [3.63, 3.8) is 0 Å². The molecule has 1 atom stereocenters. The second kappa shape index (κ2) is 6.36. The standard InChI is InChI=1S/C15H19NO3/c17-14(16-10-9-13(11-16)15(18)19)8-4-7-12-5-2-1-3-6-12/h1-3,5-6,13H,4,7-11H2,(H,18,19). The van der Waals surface area contributed by atoms with E-state index in [0.717, 1.165) is 12.8 Å². The molecule has 102 valence electrons. The molecule has 1 fully saturated rings. The molecule has 1 aliphatic rings. The fourth-order valence-electron chi connectivity index (χ4n) is 2.43. The molecule has 0 saturated carbocycles. The van der Waals surface area contributed by atoms with Gasteiger partial charge in [0.15, 0.2) is 0 Å². The second-order valence-electron chi connectivity index (χ2n) is 5.00. The van der Waals surface area contributed by atoms with Gasteiger partial charge < -0.3 is 10.0 Å². The van der Waals surface area contributed by atoms with Gasteiger partial charge in [0.1, 0.15) is 0 Å². The van der Waals surface area contributed by atoms with E-state index >= 15 is 0 Å². The summed E-state index contributed by atoms with van der Waals surface area (Å²) >= 11 is 0. The van der Waals surface area contributed by atoms with Crippen molar-refractivity contribution in [2.45, 2.75) is 25.7 Å². The summed E-state index contributed by atoms with van der Waals surface area (Å²) in [6.07, 6.45) is 2.79. The number of carbonyl (C=O) groups excluding carboxylic acids is 1. The second-order valence-corrected chi connectivity index (χ2v) is 5.00. The van der Waals surface area contributed by atoms with E-state index in [1.807, 2.05) is 18.2 Å². The van der Waals surface area contributed by atoms with E-state index in [9.17, 15) is 9.59 Å². The molecule has 1 heterocycles. The lowest BCUT2D eigenvalue weighted by Crippen LogP contribution is -2.29. The molecule has 1 saturated heterocycles.